The molecule has 0 aliphatic heterocycles. The molecule has 128 valence electrons. The molecule has 3 N–H and O–H groups in total. The van der Waals surface area contributed by atoms with Gasteiger partial charge in [0, 0.05) is 16.5 Å². The zero-order valence-electron chi connectivity index (χ0n) is 13.9. The third kappa shape index (κ3) is 4.09. The van der Waals surface area contributed by atoms with Crippen LogP contribution in [0.1, 0.15) is 47.4 Å². The molecule has 1 atom stereocenters. The average Bonchev–Trinajstić information content (AvgIpc) is 2.66. The molecule has 1 unspecified atom stereocenters. The number of ketones is 1. The van der Waals surface area contributed by atoms with Crippen LogP contribution in [0, 0.1) is 5.41 Å². The summed E-state index contributed by atoms with van der Waals surface area (Å²) in [7, 11) is 0. The monoisotopic (exact) mass is 328 g/mol. The van der Waals surface area contributed by atoms with E-state index in [-0.39, 0.29) is 25.4 Å². The zero-order valence-corrected chi connectivity index (χ0v) is 13.9. The van der Waals surface area contributed by atoms with Gasteiger partial charge in [-0.25, -0.2) is 0 Å². The van der Waals surface area contributed by atoms with Crippen molar-refractivity contribution in [3.8, 4) is 0 Å². The minimum Gasteiger partial charge on any atom is -0.396 e. The quantitative estimate of drug-likeness (QED) is 0.651. The van der Waals surface area contributed by atoms with Crippen LogP contribution in [0.3, 0.4) is 0 Å². The minimum atomic E-state index is -0.801. The molecule has 4 nitrogen and oxygen atoms in total. The Morgan fingerprint density at radius 2 is 1.50 bits per heavy atom. The smallest absolute Gasteiger partial charge is 0.193 e. The first-order chi connectivity index (χ1) is 11.5. The molecule has 0 saturated heterocycles. The molecule has 0 aliphatic rings. The van der Waals surface area contributed by atoms with Crippen LogP contribution in [0.15, 0.2) is 54.6 Å². The van der Waals surface area contributed by atoms with E-state index < -0.39 is 11.5 Å². The van der Waals surface area contributed by atoms with E-state index in [0.29, 0.717) is 23.1 Å². The first-order valence-corrected chi connectivity index (χ1v) is 8.15. The summed E-state index contributed by atoms with van der Waals surface area (Å²) in [6.07, 6.45) is 0.0366. The van der Waals surface area contributed by atoms with Gasteiger partial charge in [-0.1, -0.05) is 61.5 Å². The van der Waals surface area contributed by atoms with E-state index in [9.17, 15) is 20.1 Å². The van der Waals surface area contributed by atoms with E-state index in [2.05, 4.69) is 0 Å². The van der Waals surface area contributed by atoms with Crippen LogP contribution in [0.4, 0.5) is 0 Å². The summed E-state index contributed by atoms with van der Waals surface area (Å²) in [5, 5.41) is 29.4. The number of hydrogen-bond acceptors (Lipinski definition) is 4. The fraction of sp³-hybridized carbons (Fsp3) is 0.350. The van der Waals surface area contributed by atoms with Crippen LogP contribution >= 0.6 is 0 Å². The number of rotatable bonds is 8. The molecule has 2 aromatic rings. The second-order valence-corrected chi connectivity index (χ2v) is 6.21. The van der Waals surface area contributed by atoms with Gasteiger partial charge in [0.1, 0.15) is 0 Å². The Kier molecular flexibility index (Phi) is 6.26. The lowest BCUT2D eigenvalue weighted by molar-refractivity contribution is 0.00316. The fourth-order valence-electron chi connectivity index (χ4n) is 2.69. The maximum atomic E-state index is 12.4. The molecule has 4 heteroatoms. The summed E-state index contributed by atoms with van der Waals surface area (Å²) < 4.78 is 0. The van der Waals surface area contributed by atoms with Crippen molar-refractivity contribution in [3.63, 3.8) is 0 Å². The summed E-state index contributed by atoms with van der Waals surface area (Å²) in [4.78, 5) is 12.4. The van der Waals surface area contributed by atoms with Gasteiger partial charge < -0.3 is 15.3 Å². The Labute approximate surface area is 142 Å². The van der Waals surface area contributed by atoms with Crippen LogP contribution in [0.25, 0.3) is 0 Å². The highest BCUT2D eigenvalue weighted by molar-refractivity contribution is 6.08. The standard InChI is InChI=1S/C20H24O4/c1-2-20(13-21,14-22)12-18(23)15-8-10-17(11-9-15)19(24)16-6-4-3-5-7-16/h3-11,18,21-23H,2,12-14H2,1H3. The molecule has 0 amide bonds. The first-order valence-electron chi connectivity index (χ1n) is 8.15. The Bertz CT molecular complexity index is 637. The lowest BCUT2D eigenvalue weighted by atomic mass is 9.80. The highest BCUT2D eigenvalue weighted by atomic mass is 16.3. The summed E-state index contributed by atoms with van der Waals surface area (Å²) in [5.74, 6) is -0.0646. The summed E-state index contributed by atoms with van der Waals surface area (Å²) >= 11 is 0. The molecule has 2 aromatic carbocycles. The number of aliphatic hydroxyl groups is 3. The van der Waals surface area contributed by atoms with Crippen molar-refractivity contribution in [1.29, 1.82) is 0 Å². The maximum absolute atomic E-state index is 12.4. The van der Waals surface area contributed by atoms with Crippen molar-refractivity contribution in [2.75, 3.05) is 13.2 Å². The molecule has 0 bridgehead atoms. The number of benzene rings is 2. The van der Waals surface area contributed by atoms with Crippen LogP contribution in [0.5, 0.6) is 0 Å². The largest absolute Gasteiger partial charge is 0.396 e. The minimum absolute atomic E-state index is 0.0646. The van der Waals surface area contributed by atoms with Crippen LogP contribution in [-0.4, -0.2) is 34.3 Å². The van der Waals surface area contributed by atoms with E-state index in [0.717, 1.165) is 0 Å². The van der Waals surface area contributed by atoms with Gasteiger partial charge in [-0.2, -0.15) is 0 Å². The van der Waals surface area contributed by atoms with E-state index in [1.165, 1.54) is 0 Å². The second kappa shape index (κ2) is 8.20. The van der Waals surface area contributed by atoms with E-state index in [4.69, 9.17) is 0 Å². The van der Waals surface area contributed by atoms with Crippen molar-refractivity contribution in [3.05, 3.63) is 71.3 Å². The number of hydrogen-bond donors (Lipinski definition) is 3. The average molecular weight is 328 g/mol. The maximum Gasteiger partial charge on any atom is 0.193 e. The zero-order chi connectivity index (χ0) is 17.6. The molecule has 0 radical (unpaired) electrons. The second-order valence-electron chi connectivity index (χ2n) is 6.21. The van der Waals surface area contributed by atoms with E-state index >= 15 is 0 Å². The van der Waals surface area contributed by atoms with Gasteiger partial charge in [0.05, 0.1) is 19.3 Å². The van der Waals surface area contributed by atoms with Gasteiger partial charge >= 0.3 is 0 Å². The van der Waals surface area contributed by atoms with Crippen molar-refractivity contribution in [1.82, 2.24) is 0 Å². The molecule has 0 heterocycles. The van der Waals surface area contributed by atoms with Crippen LogP contribution < -0.4 is 0 Å². The molecule has 0 aliphatic carbocycles. The van der Waals surface area contributed by atoms with Gasteiger partial charge in [0.2, 0.25) is 0 Å². The third-order valence-electron chi connectivity index (χ3n) is 4.64. The lowest BCUT2D eigenvalue weighted by Crippen LogP contribution is -2.31. The molecule has 0 saturated carbocycles. The van der Waals surface area contributed by atoms with Crippen molar-refractivity contribution < 1.29 is 20.1 Å². The van der Waals surface area contributed by atoms with Crippen molar-refractivity contribution >= 4 is 5.78 Å². The topological polar surface area (TPSA) is 77.8 Å². The fourth-order valence-corrected chi connectivity index (χ4v) is 2.69. The Morgan fingerprint density at radius 3 is 2.00 bits per heavy atom. The highest BCUT2D eigenvalue weighted by Gasteiger charge is 2.30. The van der Waals surface area contributed by atoms with E-state index in [1.54, 1.807) is 36.4 Å². The van der Waals surface area contributed by atoms with Crippen LogP contribution in [-0.2, 0) is 0 Å². The number of carbonyl (C=O) groups is 1. The molecule has 0 spiro atoms. The molecular formula is C20H24O4. The van der Waals surface area contributed by atoms with Gasteiger partial charge in [-0.15, -0.1) is 0 Å². The SMILES string of the molecule is CCC(CO)(CO)CC(O)c1ccc(C(=O)c2ccccc2)cc1. The predicted molar refractivity (Wildman–Crippen MR) is 92.8 cm³/mol. The molecule has 0 aromatic heterocycles. The molecule has 2 rings (SSSR count). The summed E-state index contributed by atoms with van der Waals surface area (Å²) in [6, 6.07) is 15.9. The van der Waals surface area contributed by atoms with Crippen molar-refractivity contribution in [2.24, 2.45) is 5.41 Å². The Hall–Kier alpha value is -2.01. The molecule has 0 fully saturated rings. The Balaban J connectivity index is 2.13. The summed E-state index contributed by atoms with van der Waals surface area (Å²) in [6.45, 7) is 1.52. The van der Waals surface area contributed by atoms with E-state index in [1.807, 2.05) is 25.1 Å². The lowest BCUT2D eigenvalue weighted by Gasteiger charge is -2.30. The predicted octanol–water partition coefficient (Wildman–Crippen LogP) is 2.72. The van der Waals surface area contributed by atoms with Crippen molar-refractivity contribution in [2.45, 2.75) is 25.9 Å². The highest BCUT2D eigenvalue weighted by Crippen LogP contribution is 2.33. The molecule has 24 heavy (non-hydrogen) atoms. The van der Waals surface area contributed by atoms with Gasteiger partial charge in [0.25, 0.3) is 0 Å². The summed E-state index contributed by atoms with van der Waals surface area (Å²) in [5.41, 5.74) is 1.15. The van der Waals surface area contributed by atoms with Crippen LogP contribution in [0.2, 0.25) is 0 Å². The van der Waals surface area contributed by atoms with Gasteiger partial charge in [-0.3, -0.25) is 4.79 Å². The normalized spacial score (nSPS) is 12.8. The molecular weight excluding hydrogens is 304 g/mol. The Morgan fingerprint density at radius 1 is 0.958 bits per heavy atom. The van der Waals surface area contributed by atoms with Gasteiger partial charge in [0.15, 0.2) is 5.78 Å². The third-order valence-corrected chi connectivity index (χ3v) is 4.64. The first kappa shape index (κ1) is 18.3. The number of aliphatic hydroxyl groups excluding tert-OH is 3. The van der Waals surface area contributed by atoms with Gasteiger partial charge in [-0.05, 0) is 18.4 Å². The number of carbonyl (C=O) groups excluding carboxylic acids is 1.